The molecule has 0 bridgehead atoms. The highest BCUT2D eigenvalue weighted by Crippen LogP contribution is 2.19. The van der Waals surface area contributed by atoms with Gasteiger partial charge < -0.3 is 5.73 Å². The minimum absolute atomic E-state index is 0.150. The van der Waals surface area contributed by atoms with Gasteiger partial charge in [0, 0.05) is 9.61 Å². The van der Waals surface area contributed by atoms with Gasteiger partial charge in [-0.1, -0.05) is 12.1 Å². The number of hydrogen-bond donors (Lipinski definition) is 1. The Morgan fingerprint density at radius 2 is 1.94 bits per heavy atom. The van der Waals surface area contributed by atoms with Gasteiger partial charge in [-0.05, 0) is 75.5 Å². The van der Waals surface area contributed by atoms with Crippen LogP contribution in [0.5, 0.6) is 0 Å². The van der Waals surface area contributed by atoms with Crippen LogP contribution in [-0.2, 0) is 6.42 Å². The summed E-state index contributed by atoms with van der Waals surface area (Å²) >= 11 is 4.06. The van der Waals surface area contributed by atoms with Crippen LogP contribution in [0.1, 0.15) is 23.6 Å². The third kappa shape index (κ3) is 3.30. The third-order valence-electron chi connectivity index (χ3n) is 2.62. The summed E-state index contributed by atoms with van der Waals surface area (Å²) in [6.45, 7) is 0. The van der Waals surface area contributed by atoms with E-state index >= 15 is 0 Å². The maximum Gasteiger partial charge on any atom is 0.0298 e. The first-order valence-electron chi connectivity index (χ1n) is 5.28. The van der Waals surface area contributed by atoms with Gasteiger partial charge in [0.05, 0.1) is 0 Å². The van der Waals surface area contributed by atoms with E-state index in [1.165, 1.54) is 14.7 Å². The maximum absolute atomic E-state index is 6.16. The van der Waals surface area contributed by atoms with Crippen molar-refractivity contribution in [2.75, 3.05) is 0 Å². The van der Waals surface area contributed by atoms with Crippen molar-refractivity contribution in [2.45, 2.75) is 18.9 Å². The van der Waals surface area contributed by atoms with Gasteiger partial charge in [0.25, 0.3) is 0 Å². The molecular weight excluding hydrogens is 329 g/mol. The van der Waals surface area contributed by atoms with E-state index in [0.29, 0.717) is 0 Å². The van der Waals surface area contributed by atoms with E-state index < -0.39 is 0 Å². The van der Waals surface area contributed by atoms with Gasteiger partial charge in [-0.2, -0.15) is 11.3 Å². The normalized spacial score (nSPS) is 12.6. The molecule has 0 spiro atoms. The number of halogens is 1. The van der Waals surface area contributed by atoms with Crippen LogP contribution in [-0.4, -0.2) is 0 Å². The molecule has 0 saturated heterocycles. The van der Waals surface area contributed by atoms with Crippen LogP contribution in [0.4, 0.5) is 0 Å². The average molecular weight is 343 g/mol. The second kappa shape index (κ2) is 5.80. The lowest BCUT2D eigenvalue weighted by Crippen LogP contribution is -2.11. The molecule has 16 heavy (non-hydrogen) atoms. The van der Waals surface area contributed by atoms with Crippen LogP contribution in [0.15, 0.2) is 41.1 Å². The molecule has 1 heterocycles. The zero-order valence-corrected chi connectivity index (χ0v) is 11.9. The zero-order valence-electron chi connectivity index (χ0n) is 8.90. The van der Waals surface area contributed by atoms with Crippen molar-refractivity contribution in [3.8, 4) is 0 Å². The summed E-state index contributed by atoms with van der Waals surface area (Å²) in [7, 11) is 0. The fourth-order valence-corrected chi connectivity index (χ4v) is 2.70. The fraction of sp³-hybridized carbons (Fsp3) is 0.231. The lowest BCUT2D eigenvalue weighted by Gasteiger charge is -2.11. The monoisotopic (exact) mass is 343 g/mol. The van der Waals surface area contributed by atoms with Crippen molar-refractivity contribution in [1.82, 2.24) is 0 Å². The largest absolute Gasteiger partial charge is 0.324 e. The molecule has 0 fully saturated rings. The van der Waals surface area contributed by atoms with Crippen molar-refractivity contribution >= 4 is 33.9 Å². The molecule has 0 radical (unpaired) electrons. The highest BCUT2D eigenvalue weighted by atomic mass is 127. The highest BCUT2D eigenvalue weighted by Gasteiger charge is 2.06. The first-order valence-corrected chi connectivity index (χ1v) is 7.30. The van der Waals surface area contributed by atoms with Gasteiger partial charge >= 0.3 is 0 Å². The van der Waals surface area contributed by atoms with Crippen molar-refractivity contribution in [3.05, 3.63) is 55.8 Å². The number of benzene rings is 1. The molecule has 0 aliphatic carbocycles. The van der Waals surface area contributed by atoms with Gasteiger partial charge in [-0.25, -0.2) is 0 Å². The number of aryl methyl sites for hydroxylation is 1. The van der Waals surface area contributed by atoms with Crippen molar-refractivity contribution in [1.29, 1.82) is 0 Å². The lowest BCUT2D eigenvalue weighted by molar-refractivity contribution is 0.652. The number of hydrogen-bond acceptors (Lipinski definition) is 2. The molecule has 1 nitrogen and oxygen atoms in total. The molecular formula is C13H14INS. The van der Waals surface area contributed by atoms with E-state index in [9.17, 15) is 0 Å². The molecule has 1 aromatic carbocycles. The highest BCUT2D eigenvalue weighted by molar-refractivity contribution is 14.1. The minimum Gasteiger partial charge on any atom is -0.324 e. The second-order valence-electron chi connectivity index (χ2n) is 3.83. The van der Waals surface area contributed by atoms with Crippen molar-refractivity contribution in [2.24, 2.45) is 5.73 Å². The zero-order chi connectivity index (χ0) is 11.4. The summed E-state index contributed by atoms with van der Waals surface area (Å²) in [5.74, 6) is 0. The Hall–Kier alpha value is -0.390. The van der Waals surface area contributed by atoms with Gasteiger partial charge in [-0.3, -0.25) is 0 Å². The number of thiophene rings is 1. The number of rotatable bonds is 4. The van der Waals surface area contributed by atoms with E-state index in [1.54, 1.807) is 11.3 Å². The van der Waals surface area contributed by atoms with Gasteiger partial charge in [0.15, 0.2) is 0 Å². The van der Waals surface area contributed by atoms with Gasteiger partial charge in [0.2, 0.25) is 0 Å². The Balaban J connectivity index is 1.93. The summed E-state index contributed by atoms with van der Waals surface area (Å²) in [6, 6.07) is 10.8. The molecule has 1 atom stereocenters. The van der Waals surface area contributed by atoms with E-state index in [2.05, 4.69) is 63.7 Å². The predicted octanol–water partition coefficient (Wildman–Crippen LogP) is 3.99. The Labute approximate surface area is 114 Å². The minimum atomic E-state index is 0.150. The van der Waals surface area contributed by atoms with Crippen molar-refractivity contribution in [3.63, 3.8) is 0 Å². The Kier molecular flexibility index (Phi) is 4.37. The number of nitrogens with two attached hydrogens (primary N) is 1. The summed E-state index contributed by atoms with van der Waals surface area (Å²) < 4.78 is 1.26. The summed E-state index contributed by atoms with van der Waals surface area (Å²) in [5.41, 5.74) is 8.79. The molecule has 2 N–H and O–H groups in total. The molecule has 0 saturated carbocycles. The topological polar surface area (TPSA) is 26.0 Å². The van der Waals surface area contributed by atoms with Crippen LogP contribution in [0.25, 0.3) is 0 Å². The smallest absolute Gasteiger partial charge is 0.0298 e. The molecule has 2 rings (SSSR count). The first kappa shape index (κ1) is 12.1. The van der Waals surface area contributed by atoms with Crippen LogP contribution >= 0.6 is 33.9 Å². The van der Waals surface area contributed by atoms with E-state index in [1.807, 2.05) is 0 Å². The quantitative estimate of drug-likeness (QED) is 0.835. The third-order valence-corrected chi connectivity index (χ3v) is 4.07. The van der Waals surface area contributed by atoms with Crippen LogP contribution in [0.3, 0.4) is 0 Å². The van der Waals surface area contributed by atoms with Crippen LogP contribution < -0.4 is 5.73 Å². The molecule has 0 amide bonds. The Morgan fingerprint density at radius 3 is 2.56 bits per heavy atom. The Morgan fingerprint density at radius 1 is 1.19 bits per heavy atom. The standard InChI is InChI=1S/C13H14INS/c14-12-4-2-11(3-5-12)13(15)6-1-10-7-8-16-9-10/h2-5,7-9,13H,1,6,15H2. The fourth-order valence-electron chi connectivity index (χ4n) is 1.63. The average Bonchev–Trinajstić information content (AvgIpc) is 2.80. The molecule has 2 aromatic rings. The van der Waals surface area contributed by atoms with E-state index in [-0.39, 0.29) is 6.04 Å². The molecule has 1 unspecified atom stereocenters. The molecule has 0 aliphatic rings. The van der Waals surface area contributed by atoms with Gasteiger partial charge in [0.1, 0.15) is 0 Å². The predicted molar refractivity (Wildman–Crippen MR) is 78.7 cm³/mol. The summed E-state index contributed by atoms with van der Waals surface area (Å²) in [5, 5.41) is 4.31. The molecule has 0 aliphatic heterocycles. The molecule has 84 valence electrons. The SMILES string of the molecule is NC(CCc1ccsc1)c1ccc(I)cc1. The maximum atomic E-state index is 6.16. The Bertz CT molecular complexity index is 422. The lowest BCUT2D eigenvalue weighted by atomic mass is 10.0. The summed E-state index contributed by atoms with van der Waals surface area (Å²) in [4.78, 5) is 0. The summed E-state index contributed by atoms with van der Waals surface area (Å²) in [6.07, 6.45) is 2.08. The molecule has 1 aromatic heterocycles. The molecule has 3 heteroatoms. The first-order chi connectivity index (χ1) is 7.75. The van der Waals surface area contributed by atoms with Crippen LogP contribution in [0, 0.1) is 3.57 Å². The van der Waals surface area contributed by atoms with E-state index in [4.69, 9.17) is 5.73 Å². The van der Waals surface area contributed by atoms with E-state index in [0.717, 1.165) is 12.8 Å². The second-order valence-corrected chi connectivity index (χ2v) is 5.85. The van der Waals surface area contributed by atoms with Gasteiger partial charge in [-0.15, -0.1) is 0 Å². The van der Waals surface area contributed by atoms with Crippen molar-refractivity contribution < 1.29 is 0 Å². The van der Waals surface area contributed by atoms with Crippen LogP contribution in [0.2, 0.25) is 0 Å².